The topological polar surface area (TPSA) is 64.4 Å². The number of rotatable bonds is 4. The molecule has 2 heterocycles. The van der Waals surface area contributed by atoms with Gasteiger partial charge in [-0.3, -0.25) is 0 Å². The third-order valence-electron chi connectivity index (χ3n) is 2.73. The number of furan rings is 1. The van der Waals surface area contributed by atoms with Crippen molar-refractivity contribution in [2.45, 2.75) is 19.9 Å². The van der Waals surface area contributed by atoms with Gasteiger partial charge in [0, 0.05) is 6.20 Å². The molecule has 2 rings (SSSR count). The van der Waals surface area contributed by atoms with Gasteiger partial charge in [-0.25, -0.2) is 9.78 Å². The molecule has 2 aromatic rings. The number of nitrogens with one attached hydrogen (secondary N) is 1. The van der Waals surface area contributed by atoms with Gasteiger partial charge in [-0.2, -0.15) is 0 Å². The van der Waals surface area contributed by atoms with E-state index in [0.29, 0.717) is 11.4 Å². The Morgan fingerprint density at radius 3 is 2.84 bits per heavy atom. The molecular weight excluding hydrogens is 244 g/mol. The van der Waals surface area contributed by atoms with Gasteiger partial charge in [0.15, 0.2) is 0 Å². The summed E-state index contributed by atoms with van der Waals surface area (Å²) in [5.41, 5.74) is 0.461. The Labute approximate surface area is 111 Å². The van der Waals surface area contributed by atoms with Crippen molar-refractivity contribution in [2.24, 2.45) is 0 Å². The summed E-state index contributed by atoms with van der Waals surface area (Å²) in [6.07, 6.45) is 1.56. The third kappa shape index (κ3) is 3.13. The monoisotopic (exact) mass is 260 g/mol. The van der Waals surface area contributed by atoms with Gasteiger partial charge in [0.25, 0.3) is 0 Å². The number of carbonyl (C=O) groups excluding carboxylic acids is 1. The minimum atomic E-state index is -0.382. The molecule has 0 amide bonds. The predicted octanol–water partition coefficient (Wildman–Crippen LogP) is 2.94. The minimum absolute atomic E-state index is 0.0332. The molecule has 0 saturated heterocycles. The van der Waals surface area contributed by atoms with E-state index in [-0.39, 0.29) is 12.0 Å². The number of aromatic nitrogens is 1. The van der Waals surface area contributed by atoms with Gasteiger partial charge in [-0.05, 0) is 38.1 Å². The molecule has 0 fully saturated rings. The first-order valence-electron chi connectivity index (χ1n) is 5.97. The van der Waals surface area contributed by atoms with Gasteiger partial charge in [0.1, 0.15) is 17.3 Å². The molecule has 0 aliphatic heterocycles. The molecule has 1 atom stereocenters. The molecule has 0 saturated carbocycles. The van der Waals surface area contributed by atoms with Crippen molar-refractivity contribution in [3.8, 4) is 0 Å². The van der Waals surface area contributed by atoms with Crippen molar-refractivity contribution < 1.29 is 13.9 Å². The molecule has 1 unspecified atom stereocenters. The molecule has 2 aromatic heterocycles. The molecular formula is C14H16N2O3. The van der Waals surface area contributed by atoms with Crippen LogP contribution in [0, 0.1) is 6.92 Å². The smallest absolute Gasteiger partial charge is 0.338 e. The van der Waals surface area contributed by atoms with Gasteiger partial charge >= 0.3 is 5.97 Å². The molecule has 100 valence electrons. The Morgan fingerprint density at radius 1 is 1.42 bits per heavy atom. The van der Waals surface area contributed by atoms with Gasteiger partial charge in [-0.1, -0.05) is 0 Å². The first-order valence-corrected chi connectivity index (χ1v) is 5.97. The highest BCUT2D eigenvalue weighted by atomic mass is 16.5. The summed E-state index contributed by atoms with van der Waals surface area (Å²) in [7, 11) is 1.35. The second-order valence-electron chi connectivity index (χ2n) is 4.24. The standard InChI is InChI=1S/C14H16N2O3/c1-9-4-5-12(19-9)10(2)16-13-8-11(6-7-15-13)14(17)18-3/h4-8,10H,1-3H3,(H,15,16). The Bertz CT molecular complexity index is 578. The van der Waals surface area contributed by atoms with E-state index in [0.717, 1.165) is 11.5 Å². The summed E-state index contributed by atoms with van der Waals surface area (Å²) >= 11 is 0. The fourth-order valence-electron chi connectivity index (χ4n) is 1.73. The Hall–Kier alpha value is -2.30. The number of hydrogen-bond donors (Lipinski definition) is 1. The van der Waals surface area contributed by atoms with Crippen LogP contribution in [0.5, 0.6) is 0 Å². The molecule has 0 spiro atoms. The maximum atomic E-state index is 11.4. The van der Waals surface area contributed by atoms with Crippen molar-refractivity contribution >= 4 is 11.8 Å². The van der Waals surface area contributed by atoms with Crippen LogP contribution in [0.15, 0.2) is 34.9 Å². The number of hydrogen-bond acceptors (Lipinski definition) is 5. The van der Waals surface area contributed by atoms with E-state index in [1.54, 1.807) is 18.3 Å². The molecule has 5 heteroatoms. The van der Waals surface area contributed by atoms with Crippen LogP contribution in [0.25, 0.3) is 0 Å². The Balaban J connectivity index is 2.12. The average molecular weight is 260 g/mol. The van der Waals surface area contributed by atoms with E-state index in [2.05, 4.69) is 15.0 Å². The van der Waals surface area contributed by atoms with Gasteiger partial charge < -0.3 is 14.5 Å². The number of ether oxygens (including phenoxy) is 1. The average Bonchev–Trinajstić information content (AvgIpc) is 2.85. The fourth-order valence-corrected chi connectivity index (χ4v) is 1.73. The third-order valence-corrected chi connectivity index (χ3v) is 2.73. The molecule has 5 nitrogen and oxygen atoms in total. The van der Waals surface area contributed by atoms with Crippen LogP contribution in [0.1, 0.15) is 34.8 Å². The zero-order valence-electron chi connectivity index (χ0n) is 11.1. The summed E-state index contributed by atoms with van der Waals surface area (Å²) in [6.45, 7) is 3.86. The van der Waals surface area contributed by atoms with Gasteiger partial charge in [0.05, 0.1) is 18.7 Å². The summed E-state index contributed by atoms with van der Waals surface area (Å²) in [4.78, 5) is 15.6. The number of esters is 1. The second-order valence-corrected chi connectivity index (χ2v) is 4.24. The van der Waals surface area contributed by atoms with Crippen LogP contribution in [-0.2, 0) is 4.74 Å². The molecule has 0 aromatic carbocycles. The quantitative estimate of drug-likeness (QED) is 0.856. The van der Waals surface area contributed by atoms with E-state index < -0.39 is 0 Å². The molecule has 0 aliphatic carbocycles. The largest absolute Gasteiger partial charge is 0.465 e. The first kappa shape index (κ1) is 13.1. The number of methoxy groups -OCH3 is 1. The SMILES string of the molecule is COC(=O)c1ccnc(NC(C)c2ccc(C)o2)c1. The predicted molar refractivity (Wildman–Crippen MR) is 71.1 cm³/mol. The van der Waals surface area contributed by atoms with Gasteiger partial charge in [0.2, 0.25) is 0 Å². The van der Waals surface area contributed by atoms with Crippen LogP contribution in [0.2, 0.25) is 0 Å². The number of aryl methyl sites for hydroxylation is 1. The molecule has 0 radical (unpaired) electrons. The van der Waals surface area contributed by atoms with E-state index in [1.807, 2.05) is 26.0 Å². The lowest BCUT2D eigenvalue weighted by molar-refractivity contribution is 0.0600. The lowest BCUT2D eigenvalue weighted by Gasteiger charge is -2.12. The van der Waals surface area contributed by atoms with Crippen molar-refractivity contribution in [2.75, 3.05) is 12.4 Å². The van der Waals surface area contributed by atoms with Crippen LogP contribution >= 0.6 is 0 Å². The Kier molecular flexibility index (Phi) is 3.85. The molecule has 19 heavy (non-hydrogen) atoms. The Morgan fingerprint density at radius 2 is 2.21 bits per heavy atom. The van der Waals surface area contributed by atoms with Crippen molar-refractivity contribution in [1.29, 1.82) is 0 Å². The second kappa shape index (κ2) is 5.56. The van der Waals surface area contributed by atoms with E-state index in [1.165, 1.54) is 7.11 Å². The van der Waals surface area contributed by atoms with E-state index in [4.69, 9.17) is 4.42 Å². The van der Waals surface area contributed by atoms with Crippen molar-refractivity contribution in [1.82, 2.24) is 4.98 Å². The van der Waals surface area contributed by atoms with E-state index >= 15 is 0 Å². The normalized spacial score (nSPS) is 11.9. The number of nitrogens with zero attached hydrogens (tertiary/aromatic N) is 1. The maximum Gasteiger partial charge on any atom is 0.338 e. The highest BCUT2D eigenvalue weighted by Crippen LogP contribution is 2.20. The van der Waals surface area contributed by atoms with Crippen molar-refractivity contribution in [3.63, 3.8) is 0 Å². The van der Waals surface area contributed by atoms with Crippen LogP contribution in [-0.4, -0.2) is 18.1 Å². The molecule has 0 aliphatic rings. The van der Waals surface area contributed by atoms with Gasteiger partial charge in [-0.15, -0.1) is 0 Å². The lowest BCUT2D eigenvalue weighted by atomic mass is 10.2. The number of carbonyl (C=O) groups is 1. The zero-order chi connectivity index (χ0) is 13.8. The van der Waals surface area contributed by atoms with Crippen molar-refractivity contribution in [3.05, 3.63) is 47.5 Å². The van der Waals surface area contributed by atoms with E-state index in [9.17, 15) is 4.79 Å². The summed E-state index contributed by atoms with van der Waals surface area (Å²) in [5.74, 6) is 1.90. The van der Waals surface area contributed by atoms with Crippen LogP contribution in [0.4, 0.5) is 5.82 Å². The minimum Gasteiger partial charge on any atom is -0.465 e. The highest BCUT2D eigenvalue weighted by molar-refractivity contribution is 5.89. The fraction of sp³-hybridized carbons (Fsp3) is 0.286. The number of anilines is 1. The number of pyridine rings is 1. The first-order chi connectivity index (χ1) is 9.10. The van der Waals surface area contributed by atoms with Crippen LogP contribution in [0.3, 0.4) is 0 Å². The summed E-state index contributed by atoms with van der Waals surface area (Å²) < 4.78 is 10.2. The lowest BCUT2D eigenvalue weighted by Crippen LogP contribution is -2.08. The summed E-state index contributed by atoms with van der Waals surface area (Å²) in [6, 6.07) is 7.05. The zero-order valence-corrected chi connectivity index (χ0v) is 11.1. The van der Waals surface area contributed by atoms with Crippen LogP contribution < -0.4 is 5.32 Å². The molecule has 1 N–H and O–H groups in total. The summed E-state index contributed by atoms with van der Waals surface area (Å²) in [5, 5.41) is 3.18. The maximum absolute atomic E-state index is 11.4. The highest BCUT2D eigenvalue weighted by Gasteiger charge is 2.11. The molecule has 0 bridgehead atoms.